The second-order valence-electron chi connectivity index (χ2n) is 8.13. The first-order chi connectivity index (χ1) is 15.9. The van der Waals surface area contributed by atoms with E-state index in [1.54, 1.807) is 36.2 Å². The van der Waals surface area contributed by atoms with Gasteiger partial charge >= 0.3 is 0 Å². The minimum absolute atomic E-state index is 0.109. The van der Waals surface area contributed by atoms with Gasteiger partial charge in [-0.15, -0.1) is 0 Å². The number of allylic oxidation sites excluding steroid dienone is 1. The molecular formula is C28H32N2O3. The van der Waals surface area contributed by atoms with Crippen molar-refractivity contribution in [3.63, 3.8) is 0 Å². The number of carbonyl (C=O) groups is 1. The lowest BCUT2D eigenvalue weighted by molar-refractivity contribution is -0.113. The first-order valence-electron chi connectivity index (χ1n) is 11.1. The maximum atomic E-state index is 13.8. The molecule has 0 aliphatic carbocycles. The van der Waals surface area contributed by atoms with Crippen molar-refractivity contribution in [1.82, 2.24) is 4.90 Å². The Kier molecular flexibility index (Phi) is 8.28. The zero-order valence-corrected chi connectivity index (χ0v) is 19.8. The summed E-state index contributed by atoms with van der Waals surface area (Å²) in [5.41, 5.74) is 4.14. The molecule has 0 unspecified atom stereocenters. The molecule has 5 nitrogen and oxygen atoms in total. The number of hydrogen-bond donors (Lipinski definition) is 1. The van der Waals surface area contributed by atoms with Crippen molar-refractivity contribution in [2.24, 2.45) is 0 Å². The Morgan fingerprint density at radius 2 is 1.48 bits per heavy atom. The predicted octanol–water partition coefficient (Wildman–Crippen LogP) is 5.32. The number of anilines is 1. The quantitative estimate of drug-likeness (QED) is 0.359. The van der Waals surface area contributed by atoms with E-state index in [1.807, 2.05) is 68.7 Å². The molecule has 3 rings (SSSR count). The van der Waals surface area contributed by atoms with Crippen molar-refractivity contribution in [3.05, 3.63) is 90.0 Å². The van der Waals surface area contributed by atoms with Crippen molar-refractivity contribution in [2.45, 2.75) is 13.3 Å². The van der Waals surface area contributed by atoms with Crippen LogP contribution in [0, 0.1) is 0 Å². The van der Waals surface area contributed by atoms with Gasteiger partial charge in [0.15, 0.2) is 0 Å². The van der Waals surface area contributed by atoms with Crippen LogP contribution < -0.4 is 9.64 Å². The zero-order valence-electron chi connectivity index (χ0n) is 19.8. The number of benzene rings is 3. The molecule has 1 amide bonds. The first-order valence-corrected chi connectivity index (χ1v) is 11.1. The molecule has 0 spiro atoms. The van der Waals surface area contributed by atoms with Crippen LogP contribution in [0.15, 0.2) is 78.9 Å². The van der Waals surface area contributed by atoms with E-state index >= 15 is 0 Å². The number of phenols is 1. The molecular weight excluding hydrogens is 412 g/mol. The van der Waals surface area contributed by atoms with Gasteiger partial charge in [-0.2, -0.15) is 0 Å². The molecule has 0 radical (unpaired) electrons. The largest absolute Gasteiger partial charge is 0.508 e. The second-order valence-corrected chi connectivity index (χ2v) is 8.13. The number of hydrogen-bond acceptors (Lipinski definition) is 4. The van der Waals surface area contributed by atoms with Crippen LogP contribution in [0.3, 0.4) is 0 Å². The van der Waals surface area contributed by atoms with E-state index in [4.69, 9.17) is 4.74 Å². The van der Waals surface area contributed by atoms with Gasteiger partial charge < -0.3 is 19.6 Å². The fraction of sp³-hybridized carbons (Fsp3) is 0.250. The molecule has 0 heterocycles. The number of ether oxygens (including phenoxy) is 1. The van der Waals surface area contributed by atoms with E-state index < -0.39 is 0 Å². The summed E-state index contributed by atoms with van der Waals surface area (Å²) in [5.74, 6) is 0.832. The summed E-state index contributed by atoms with van der Waals surface area (Å²) in [5, 5.41) is 9.77. The Bertz CT molecular complexity index is 1070. The summed E-state index contributed by atoms with van der Waals surface area (Å²) >= 11 is 0. The van der Waals surface area contributed by atoms with Gasteiger partial charge in [0.1, 0.15) is 18.1 Å². The molecule has 0 aliphatic rings. The summed E-state index contributed by atoms with van der Waals surface area (Å²) in [4.78, 5) is 17.5. The highest BCUT2D eigenvalue weighted by atomic mass is 16.5. The Labute approximate surface area is 196 Å². The maximum absolute atomic E-state index is 13.8. The first kappa shape index (κ1) is 24.1. The van der Waals surface area contributed by atoms with Gasteiger partial charge in [0.05, 0.1) is 5.57 Å². The summed E-state index contributed by atoms with van der Waals surface area (Å²) < 4.78 is 5.78. The molecule has 0 aromatic heterocycles. The van der Waals surface area contributed by atoms with Gasteiger partial charge in [0, 0.05) is 19.3 Å². The lowest BCUT2D eigenvalue weighted by atomic mass is 9.92. The van der Waals surface area contributed by atoms with Crippen LogP contribution in [0.1, 0.15) is 24.5 Å². The number of rotatable bonds is 9. The molecule has 0 saturated heterocycles. The van der Waals surface area contributed by atoms with Gasteiger partial charge in [0.2, 0.25) is 0 Å². The lowest BCUT2D eigenvalue weighted by Gasteiger charge is -2.22. The van der Waals surface area contributed by atoms with Crippen LogP contribution >= 0.6 is 0 Å². The van der Waals surface area contributed by atoms with Crippen molar-refractivity contribution in [3.8, 4) is 11.5 Å². The molecule has 0 saturated carbocycles. The van der Waals surface area contributed by atoms with Crippen LogP contribution in [0.25, 0.3) is 11.1 Å². The smallest absolute Gasteiger partial charge is 0.258 e. The number of aromatic hydroxyl groups is 1. The van der Waals surface area contributed by atoms with Gasteiger partial charge in [-0.25, -0.2) is 0 Å². The monoisotopic (exact) mass is 444 g/mol. The average molecular weight is 445 g/mol. The highest BCUT2D eigenvalue weighted by molar-refractivity contribution is 6.32. The number of amides is 1. The number of likely N-dealkylation sites (N-methyl/N-ethyl adjacent to an activating group) is 2. The van der Waals surface area contributed by atoms with Crippen molar-refractivity contribution in [2.75, 3.05) is 39.2 Å². The molecule has 3 aromatic rings. The van der Waals surface area contributed by atoms with E-state index in [9.17, 15) is 9.90 Å². The minimum atomic E-state index is -0.109. The van der Waals surface area contributed by atoms with E-state index in [-0.39, 0.29) is 11.7 Å². The van der Waals surface area contributed by atoms with E-state index in [1.165, 1.54) is 0 Å². The van der Waals surface area contributed by atoms with Crippen molar-refractivity contribution < 1.29 is 14.6 Å². The van der Waals surface area contributed by atoms with Crippen molar-refractivity contribution >= 4 is 22.7 Å². The van der Waals surface area contributed by atoms with E-state index in [0.29, 0.717) is 18.6 Å². The Morgan fingerprint density at radius 1 is 0.848 bits per heavy atom. The van der Waals surface area contributed by atoms with Crippen LogP contribution in [0.5, 0.6) is 11.5 Å². The predicted molar refractivity (Wildman–Crippen MR) is 136 cm³/mol. The highest BCUT2D eigenvalue weighted by Gasteiger charge is 2.22. The fourth-order valence-corrected chi connectivity index (χ4v) is 3.62. The molecule has 0 bridgehead atoms. The van der Waals surface area contributed by atoms with Crippen LogP contribution in [0.2, 0.25) is 0 Å². The molecule has 0 atom stereocenters. The third-order valence-electron chi connectivity index (χ3n) is 5.48. The Balaban J connectivity index is 1.95. The standard InChI is InChI=1S/C28H32N2O3/c1-5-26(21-9-7-6-8-10-21)27(22-11-15-24(31)16-12-22)28(32)30(4)23-13-17-25(18-14-23)33-20-19-29(2)3/h6-18,31H,5,19-20H2,1-4H3/b27-26-. The van der Waals surface area contributed by atoms with Crippen molar-refractivity contribution in [1.29, 1.82) is 0 Å². The van der Waals surface area contributed by atoms with Gasteiger partial charge in [-0.05, 0) is 73.6 Å². The summed E-state index contributed by atoms with van der Waals surface area (Å²) in [6.45, 7) is 3.49. The number of carbonyl (C=O) groups excluding carboxylic acids is 1. The third-order valence-corrected chi connectivity index (χ3v) is 5.48. The van der Waals surface area contributed by atoms with E-state index in [0.717, 1.165) is 34.7 Å². The lowest BCUT2D eigenvalue weighted by Crippen LogP contribution is -2.28. The molecule has 172 valence electrons. The molecule has 33 heavy (non-hydrogen) atoms. The minimum Gasteiger partial charge on any atom is -0.508 e. The summed E-state index contributed by atoms with van der Waals surface area (Å²) in [6.07, 6.45) is 0.693. The molecule has 0 fully saturated rings. The average Bonchev–Trinajstić information content (AvgIpc) is 2.83. The van der Waals surface area contributed by atoms with Gasteiger partial charge in [-0.3, -0.25) is 4.79 Å². The third kappa shape index (κ3) is 6.24. The molecule has 1 N–H and O–H groups in total. The number of nitrogens with zero attached hydrogens (tertiary/aromatic N) is 2. The van der Waals surface area contributed by atoms with Gasteiger partial charge in [-0.1, -0.05) is 49.4 Å². The van der Waals surface area contributed by atoms with E-state index in [2.05, 4.69) is 11.8 Å². The normalized spacial score (nSPS) is 11.8. The van der Waals surface area contributed by atoms with Crippen LogP contribution in [0.4, 0.5) is 5.69 Å². The Morgan fingerprint density at radius 3 is 2.06 bits per heavy atom. The Hall–Kier alpha value is -3.57. The second kappa shape index (κ2) is 11.3. The van der Waals surface area contributed by atoms with Gasteiger partial charge in [0.25, 0.3) is 5.91 Å². The summed E-state index contributed by atoms with van der Waals surface area (Å²) in [6, 6.07) is 24.3. The number of phenolic OH excluding ortho intramolecular Hbond substituents is 1. The molecule has 5 heteroatoms. The van der Waals surface area contributed by atoms with Crippen LogP contribution in [-0.4, -0.2) is 50.2 Å². The SMILES string of the molecule is CC/C(=C(/C(=O)N(C)c1ccc(OCCN(C)C)cc1)c1ccc(O)cc1)c1ccccc1. The fourth-order valence-electron chi connectivity index (χ4n) is 3.62. The van der Waals surface area contributed by atoms with Crippen LogP contribution in [-0.2, 0) is 4.79 Å². The summed E-state index contributed by atoms with van der Waals surface area (Å²) in [7, 11) is 5.79. The maximum Gasteiger partial charge on any atom is 0.258 e. The zero-order chi connectivity index (χ0) is 23.8. The molecule has 3 aromatic carbocycles. The molecule has 0 aliphatic heterocycles. The highest BCUT2D eigenvalue weighted by Crippen LogP contribution is 2.32. The topological polar surface area (TPSA) is 53.0 Å².